The van der Waals surface area contributed by atoms with Gasteiger partial charge in [0.25, 0.3) is 5.56 Å². The molecule has 1 unspecified atom stereocenters. The predicted octanol–water partition coefficient (Wildman–Crippen LogP) is 1.70. The summed E-state index contributed by atoms with van der Waals surface area (Å²) in [5.41, 5.74) is 6.90. The Bertz CT molecular complexity index is 890. The van der Waals surface area contributed by atoms with Gasteiger partial charge < -0.3 is 15.6 Å². The summed E-state index contributed by atoms with van der Waals surface area (Å²) >= 11 is 1.68. The zero-order valence-electron chi connectivity index (χ0n) is 15.9. The maximum Gasteiger partial charge on any atom is 0.259 e. The van der Waals surface area contributed by atoms with E-state index in [9.17, 15) is 9.59 Å². The van der Waals surface area contributed by atoms with Gasteiger partial charge in [0.05, 0.1) is 18.0 Å². The Morgan fingerprint density at radius 2 is 1.89 bits per heavy atom. The molecule has 2 aromatic heterocycles. The fraction of sp³-hybridized carbons (Fsp3) is 0.611. The Labute approximate surface area is 180 Å². The van der Waals surface area contributed by atoms with Crippen LogP contribution in [0, 0.1) is 0 Å². The molecule has 1 amide bonds. The van der Waals surface area contributed by atoms with Gasteiger partial charge in [-0.2, -0.15) is 0 Å². The number of hydrogen-bond acceptors (Lipinski definition) is 6. The van der Waals surface area contributed by atoms with Gasteiger partial charge in [-0.05, 0) is 38.2 Å². The van der Waals surface area contributed by atoms with E-state index in [1.807, 2.05) is 4.90 Å². The number of fused-ring (bicyclic) bond motifs is 3. The van der Waals surface area contributed by atoms with Crippen molar-refractivity contribution in [2.45, 2.75) is 45.2 Å². The minimum absolute atomic E-state index is 0. The number of amides is 1. The zero-order valence-corrected chi connectivity index (χ0v) is 18.4. The lowest BCUT2D eigenvalue weighted by Crippen LogP contribution is -2.52. The average Bonchev–Trinajstić information content (AvgIpc) is 3.00. The Morgan fingerprint density at radius 1 is 1.21 bits per heavy atom. The minimum atomic E-state index is -0.452. The highest BCUT2D eigenvalue weighted by atomic mass is 35.5. The lowest BCUT2D eigenvalue weighted by atomic mass is 9.97. The van der Waals surface area contributed by atoms with Crippen molar-refractivity contribution >= 4 is 52.3 Å². The maximum atomic E-state index is 12.6. The standard InChI is InChI=1S/C18H25N5O2S.2ClH/c1-11(19)18(25)23-8-6-22(7-9-23)10-14-20-16(24)15-12-4-2-3-5-13(12)26-17(15)21-14;;/h11H,2-10,19H2,1H3,(H,20,21,24);2*1H. The summed E-state index contributed by atoms with van der Waals surface area (Å²) in [6, 6.07) is -0.452. The first kappa shape index (κ1) is 23.1. The molecule has 2 aliphatic rings. The fourth-order valence-corrected chi connectivity index (χ4v) is 5.19. The molecule has 1 fully saturated rings. The number of nitrogens with one attached hydrogen (secondary N) is 1. The second kappa shape index (κ2) is 9.54. The molecule has 156 valence electrons. The van der Waals surface area contributed by atoms with Crippen molar-refractivity contribution in [3.8, 4) is 0 Å². The molecule has 7 nitrogen and oxygen atoms in total. The number of hydrogen-bond donors (Lipinski definition) is 2. The van der Waals surface area contributed by atoms with Gasteiger partial charge in [-0.15, -0.1) is 36.2 Å². The third-order valence-electron chi connectivity index (χ3n) is 5.32. The van der Waals surface area contributed by atoms with Crippen LogP contribution in [0.4, 0.5) is 0 Å². The monoisotopic (exact) mass is 447 g/mol. The van der Waals surface area contributed by atoms with E-state index in [1.165, 1.54) is 16.9 Å². The number of halogens is 2. The first-order chi connectivity index (χ1) is 12.5. The molecule has 28 heavy (non-hydrogen) atoms. The number of piperazine rings is 1. The number of nitrogens with zero attached hydrogens (tertiary/aromatic N) is 3. The lowest BCUT2D eigenvalue weighted by Gasteiger charge is -2.35. The van der Waals surface area contributed by atoms with Gasteiger partial charge in [-0.3, -0.25) is 14.5 Å². The molecule has 3 N–H and O–H groups in total. The predicted molar refractivity (Wildman–Crippen MR) is 117 cm³/mol. The number of carbonyl (C=O) groups is 1. The first-order valence-corrected chi connectivity index (χ1v) is 10.1. The molecule has 1 aliphatic carbocycles. The number of H-pyrrole nitrogens is 1. The normalized spacial score (nSPS) is 18.1. The summed E-state index contributed by atoms with van der Waals surface area (Å²) < 4.78 is 0. The molecule has 0 bridgehead atoms. The number of thiophene rings is 1. The highest BCUT2D eigenvalue weighted by Crippen LogP contribution is 2.33. The minimum Gasteiger partial charge on any atom is -0.339 e. The highest BCUT2D eigenvalue weighted by molar-refractivity contribution is 7.18. The summed E-state index contributed by atoms with van der Waals surface area (Å²) in [7, 11) is 0. The van der Waals surface area contributed by atoms with E-state index in [0.29, 0.717) is 25.5 Å². The summed E-state index contributed by atoms with van der Waals surface area (Å²) in [6.45, 7) is 5.19. The van der Waals surface area contributed by atoms with Crippen molar-refractivity contribution in [1.82, 2.24) is 19.8 Å². The Kier molecular flexibility index (Phi) is 7.87. The van der Waals surface area contributed by atoms with E-state index in [4.69, 9.17) is 10.7 Å². The van der Waals surface area contributed by atoms with Crippen molar-refractivity contribution in [2.24, 2.45) is 5.73 Å². The van der Waals surface area contributed by atoms with E-state index in [2.05, 4.69) is 9.88 Å². The topological polar surface area (TPSA) is 95.3 Å². The summed E-state index contributed by atoms with van der Waals surface area (Å²) in [6.07, 6.45) is 4.43. The SMILES string of the molecule is CC(N)C(=O)N1CCN(Cc2nc3sc4c(c3c(=O)[nH]2)CCCC4)CC1.Cl.Cl. The van der Waals surface area contributed by atoms with Gasteiger partial charge in [0, 0.05) is 31.1 Å². The number of aryl methyl sites for hydroxylation is 2. The third kappa shape index (κ3) is 4.52. The van der Waals surface area contributed by atoms with Crippen LogP contribution in [0.1, 0.15) is 36.0 Å². The second-order valence-corrected chi connectivity index (χ2v) is 8.38. The zero-order chi connectivity index (χ0) is 18.3. The fourth-order valence-electron chi connectivity index (χ4n) is 3.91. The molecule has 0 aromatic carbocycles. The molecule has 1 aliphatic heterocycles. The Hall–Kier alpha value is -1.19. The molecule has 2 aromatic rings. The van der Waals surface area contributed by atoms with Gasteiger partial charge in [0.15, 0.2) is 0 Å². The first-order valence-electron chi connectivity index (χ1n) is 9.33. The van der Waals surface area contributed by atoms with Gasteiger partial charge in [0.1, 0.15) is 10.7 Å². The largest absolute Gasteiger partial charge is 0.339 e. The van der Waals surface area contributed by atoms with Crippen LogP contribution in [0.3, 0.4) is 0 Å². The molecule has 4 rings (SSSR count). The quantitative estimate of drug-likeness (QED) is 0.746. The van der Waals surface area contributed by atoms with E-state index in [1.54, 1.807) is 18.3 Å². The second-order valence-electron chi connectivity index (χ2n) is 7.29. The van der Waals surface area contributed by atoms with Crippen LogP contribution in [0.5, 0.6) is 0 Å². The van der Waals surface area contributed by atoms with Crippen molar-refractivity contribution in [3.05, 3.63) is 26.6 Å². The number of aromatic amines is 1. The molecule has 0 saturated carbocycles. The van der Waals surface area contributed by atoms with Crippen molar-refractivity contribution in [1.29, 1.82) is 0 Å². The molecule has 0 spiro atoms. The molecule has 3 heterocycles. The summed E-state index contributed by atoms with van der Waals surface area (Å²) in [4.78, 5) is 38.6. The lowest BCUT2D eigenvalue weighted by molar-refractivity contribution is -0.134. The average molecular weight is 448 g/mol. The van der Waals surface area contributed by atoms with Crippen LogP contribution in [-0.4, -0.2) is 57.9 Å². The van der Waals surface area contributed by atoms with E-state index >= 15 is 0 Å². The van der Waals surface area contributed by atoms with Gasteiger partial charge in [-0.25, -0.2) is 4.98 Å². The molecule has 0 radical (unpaired) electrons. The number of aromatic nitrogens is 2. The van der Waals surface area contributed by atoms with E-state index in [-0.39, 0.29) is 36.3 Å². The summed E-state index contributed by atoms with van der Waals surface area (Å²) in [5.74, 6) is 0.717. The molecule has 10 heteroatoms. The molecule has 1 atom stereocenters. The molecule has 1 saturated heterocycles. The van der Waals surface area contributed by atoms with Crippen molar-refractivity contribution in [2.75, 3.05) is 26.2 Å². The van der Waals surface area contributed by atoms with Crippen LogP contribution >= 0.6 is 36.2 Å². The van der Waals surface area contributed by atoms with E-state index < -0.39 is 6.04 Å². The highest BCUT2D eigenvalue weighted by Gasteiger charge is 2.24. The van der Waals surface area contributed by atoms with Gasteiger partial charge >= 0.3 is 0 Å². The summed E-state index contributed by atoms with van der Waals surface area (Å²) in [5, 5.41) is 0.806. The smallest absolute Gasteiger partial charge is 0.259 e. The van der Waals surface area contributed by atoms with Crippen LogP contribution in [0.15, 0.2) is 4.79 Å². The molecular weight excluding hydrogens is 421 g/mol. The van der Waals surface area contributed by atoms with Crippen LogP contribution in [0.2, 0.25) is 0 Å². The van der Waals surface area contributed by atoms with Crippen LogP contribution in [0.25, 0.3) is 10.2 Å². The van der Waals surface area contributed by atoms with Crippen LogP contribution in [-0.2, 0) is 24.2 Å². The van der Waals surface area contributed by atoms with Crippen LogP contribution < -0.4 is 11.3 Å². The number of nitrogens with two attached hydrogens (primary N) is 1. The van der Waals surface area contributed by atoms with Crippen molar-refractivity contribution in [3.63, 3.8) is 0 Å². The molecular formula is C18H27Cl2N5O2S. The number of carbonyl (C=O) groups excluding carboxylic acids is 1. The van der Waals surface area contributed by atoms with Crippen molar-refractivity contribution < 1.29 is 4.79 Å². The van der Waals surface area contributed by atoms with Gasteiger partial charge in [0.2, 0.25) is 5.91 Å². The Morgan fingerprint density at radius 3 is 2.57 bits per heavy atom. The Balaban J connectivity index is 0.00000140. The third-order valence-corrected chi connectivity index (χ3v) is 6.51. The van der Waals surface area contributed by atoms with E-state index in [0.717, 1.165) is 42.6 Å². The number of rotatable bonds is 3. The van der Waals surface area contributed by atoms with Gasteiger partial charge in [-0.1, -0.05) is 0 Å². The maximum absolute atomic E-state index is 12.6.